The molecule has 3 N–H and O–H groups in total. The molecule has 10 heteroatoms. The second kappa shape index (κ2) is 12.1. The number of allylic oxidation sites excluding steroid dienone is 1. The highest BCUT2D eigenvalue weighted by molar-refractivity contribution is 6.06. The van der Waals surface area contributed by atoms with E-state index in [1.807, 2.05) is 0 Å². The van der Waals surface area contributed by atoms with Crippen molar-refractivity contribution >= 4 is 17.6 Å². The molecule has 10 nitrogen and oxygen atoms in total. The van der Waals surface area contributed by atoms with Crippen molar-refractivity contribution in [2.75, 3.05) is 58.9 Å². The number of rotatable bonds is 7. The number of benzene rings is 2. The van der Waals surface area contributed by atoms with Gasteiger partial charge in [-0.1, -0.05) is 42.5 Å². The van der Waals surface area contributed by atoms with Gasteiger partial charge in [0.15, 0.2) is 0 Å². The molecule has 0 aromatic heterocycles. The smallest absolute Gasteiger partial charge is 0.355 e. The van der Waals surface area contributed by atoms with Gasteiger partial charge in [-0.2, -0.15) is 5.26 Å². The fourth-order valence-electron chi connectivity index (χ4n) is 5.01. The van der Waals surface area contributed by atoms with Crippen LogP contribution in [-0.2, 0) is 19.1 Å². The van der Waals surface area contributed by atoms with E-state index in [2.05, 4.69) is 22.9 Å². The van der Waals surface area contributed by atoms with E-state index < -0.39 is 24.0 Å². The molecule has 39 heavy (non-hydrogen) atoms. The first kappa shape index (κ1) is 27.9. The number of hydrogen-bond donors (Lipinski definition) is 2. The predicted molar refractivity (Wildman–Crippen MR) is 145 cm³/mol. The van der Waals surface area contributed by atoms with E-state index in [1.54, 1.807) is 54.6 Å². The Hall–Kier alpha value is -4.17. The van der Waals surface area contributed by atoms with Crippen molar-refractivity contribution in [3.63, 3.8) is 0 Å². The van der Waals surface area contributed by atoms with Crippen LogP contribution in [0.15, 0.2) is 77.3 Å². The molecule has 1 saturated heterocycles. The lowest BCUT2D eigenvalue weighted by Gasteiger charge is -2.36. The summed E-state index contributed by atoms with van der Waals surface area (Å²) in [4.78, 5) is 32.1. The number of piperazine rings is 1. The molecule has 1 fully saturated rings. The van der Waals surface area contributed by atoms with Crippen molar-refractivity contribution in [2.24, 2.45) is 5.73 Å². The Morgan fingerprint density at radius 3 is 2.21 bits per heavy atom. The number of nitrogens with two attached hydrogens (primary N) is 1. The van der Waals surface area contributed by atoms with Crippen molar-refractivity contribution in [3.8, 4) is 6.07 Å². The van der Waals surface area contributed by atoms with Crippen LogP contribution in [0, 0.1) is 11.3 Å². The minimum atomic E-state index is -0.932. The van der Waals surface area contributed by atoms with Crippen LogP contribution in [-0.4, -0.2) is 80.8 Å². The van der Waals surface area contributed by atoms with Crippen molar-refractivity contribution < 1.29 is 24.2 Å². The summed E-state index contributed by atoms with van der Waals surface area (Å²) >= 11 is 0. The van der Waals surface area contributed by atoms with Gasteiger partial charge in [-0.3, -0.25) is 9.80 Å². The first-order chi connectivity index (χ1) is 18.8. The summed E-state index contributed by atoms with van der Waals surface area (Å²) in [6, 6.07) is 17.8. The van der Waals surface area contributed by atoms with Crippen molar-refractivity contribution in [1.82, 2.24) is 9.80 Å². The Balaban J connectivity index is 1.76. The van der Waals surface area contributed by atoms with Crippen LogP contribution < -0.4 is 10.6 Å². The number of esters is 2. The third-order valence-electron chi connectivity index (χ3n) is 7.17. The van der Waals surface area contributed by atoms with Gasteiger partial charge in [0, 0.05) is 38.4 Å². The average Bonchev–Trinajstić information content (AvgIpc) is 2.97. The number of aliphatic hydroxyl groups is 1. The van der Waals surface area contributed by atoms with Gasteiger partial charge in [0.2, 0.25) is 0 Å². The van der Waals surface area contributed by atoms with Gasteiger partial charge in [-0.25, -0.2) is 9.59 Å². The minimum absolute atomic E-state index is 0.00913. The van der Waals surface area contributed by atoms with Gasteiger partial charge in [0.05, 0.1) is 43.5 Å². The maximum Gasteiger partial charge on any atom is 0.355 e. The molecule has 2 atom stereocenters. The van der Waals surface area contributed by atoms with Gasteiger partial charge >= 0.3 is 11.9 Å². The summed E-state index contributed by atoms with van der Waals surface area (Å²) in [7, 11) is 4.49. The molecule has 2 aromatic rings. The highest BCUT2D eigenvalue weighted by Gasteiger charge is 2.43. The molecule has 2 unspecified atom stereocenters. The second-order valence-corrected chi connectivity index (χ2v) is 9.55. The SMILES string of the molecule is COC(=O)C1=C(C(=O)OC)N(c2ccc(C(O)CN3CCN(C)CC3)cc2)C(N)=C(C#N)C1c1ccccc1. The molecule has 2 aliphatic heterocycles. The first-order valence-electron chi connectivity index (χ1n) is 12.6. The Kier molecular flexibility index (Phi) is 8.66. The second-order valence-electron chi connectivity index (χ2n) is 9.55. The van der Waals surface area contributed by atoms with Crippen molar-refractivity contribution in [1.29, 1.82) is 5.26 Å². The Morgan fingerprint density at radius 2 is 1.64 bits per heavy atom. The molecule has 0 radical (unpaired) electrons. The zero-order chi connectivity index (χ0) is 28.1. The Bertz CT molecular complexity index is 1310. The lowest BCUT2D eigenvalue weighted by Crippen LogP contribution is -2.45. The fourth-order valence-corrected chi connectivity index (χ4v) is 5.01. The van der Waals surface area contributed by atoms with Crippen molar-refractivity contribution in [3.05, 3.63) is 88.4 Å². The van der Waals surface area contributed by atoms with Crippen LogP contribution in [0.5, 0.6) is 0 Å². The van der Waals surface area contributed by atoms with Crippen LogP contribution >= 0.6 is 0 Å². The van der Waals surface area contributed by atoms with Gasteiger partial charge in [0.1, 0.15) is 11.5 Å². The van der Waals surface area contributed by atoms with Crippen LogP contribution in [0.1, 0.15) is 23.1 Å². The molecule has 0 saturated carbocycles. The molecule has 204 valence electrons. The van der Waals surface area contributed by atoms with E-state index in [0.29, 0.717) is 23.4 Å². The molecular formula is C29H33N5O5. The predicted octanol–water partition coefficient (Wildman–Crippen LogP) is 1.87. The number of methoxy groups -OCH3 is 2. The Labute approximate surface area is 228 Å². The zero-order valence-electron chi connectivity index (χ0n) is 22.3. The quantitative estimate of drug-likeness (QED) is 0.510. The topological polar surface area (TPSA) is 132 Å². The number of ether oxygens (including phenoxy) is 2. The molecule has 2 heterocycles. The van der Waals surface area contributed by atoms with Gasteiger partial charge in [-0.15, -0.1) is 0 Å². The van der Waals surface area contributed by atoms with Crippen LogP contribution in [0.2, 0.25) is 0 Å². The third-order valence-corrected chi connectivity index (χ3v) is 7.17. The summed E-state index contributed by atoms with van der Waals surface area (Å²) in [5.74, 6) is -2.53. The summed E-state index contributed by atoms with van der Waals surface area (Å²) in [6.45, 7) is 4.15. The number of nitriles is 1. The molecule has 2 aliphatic rings. The number of likely N-dealkylation sites (N-methyl/N-ethyl adjacent to an activating group) is 1. The highest BCUT2D eigenvalue weighted by Crippen LogP contribution is 2.43. The van der Waals surface area contributed by atoms with Gasteiger partial charge < -0.3 is 25.2 Å². The molecule has 0 amide bonds. The van der Waals surface area contributed by atoms with E-state index in [0.717, 1.165) is 26.2 Å². The Morgan fingerprint density at radius 1 is 1.03 bits per heavy atom. The number of β-amino-alcohol motifs (C(OH)–C–C–N with tert-alkyl or cyclic N) is 1. The number of hydrogen-bond acceptors (Lipinski definition) is 10. The van der Waals surface area contributed by atoms with E-state index in [9.17, 15) is 20.0 Å². The fraction of sp³-hybridized carbons (Fsp3) is 0.345. The summed E-state index contributed by atoms with van der Waals surface area (Å²) in [5, 5.41) is 21.0. The first-order valence-corrected chi connectivity index (χ1v) is 12.6. The van der Waals surface area contributed by atoms with Gasteiger partial charge in [-0.05, 0) is 30.3 Å². The van der Waals surface area contributed by atoms with E-state index in [1.165, 1.54) is 19.1 Å². The molecular weight excluding hydrogens is 498 g/mol. The molecule has 0 bridgehead atoms. The maximum atomic E-state index is 13.2. The molecule has 0 spiro atoms. The monoisotopic (exact) mass is 531 g/mol. The van der Waals surface area contributed by atoms with Crippen LogP contribution in [0.25, 0.3) is 0 Å². The molecule has 0 aliphatic carbocycles. The number of carbonyl (C=O) groups excluding carboxylic acids is 2. The summed E-state index contributed by atoms with van der Waals surface area (Å²) in [5.41, 5.74) is 8.15. The van der Waals surface area contributed by atoms with Gasteiger partial charge in [0.25, 0.3) is 0 Å². The number of anilines is 1. The number of carbonyl (C=O) groups is 2. The maximum absolute atomic E-state index is 13.2. The minimum Gasteiger partial charge on any atom is -0.466 e. The highest BCUT2D eigenvalue weighted by atomic mass is 16.5. The average molecular weight is 532 g/mol. The molecule has 2 aromatic carbocycles. The number of aliphatic hydroxyl groups excluding tert-OH is 1. The molecule has 4 rings (SSSR count). The number of nitrogens with zero attached hydrogens (tertiary/aromatic N) is 4. The lowest BCUT2D eigenvalue weighted by atomic mass is 9.81. The zero-order valence-corrected chi connectivity index (χ0v) is 22.3. The van der Waals surface area contributed by atoms with E-state index in [-0.39, 0.29) is 22.7 Å². The summed E-state index contributed by atoms with van der Waals surface area (Å²) in [6.07, 6.45) is -0.713. The van der Waals surface area contributed by atoms with E-state index in [4.69, 9.17) is 15.2 Å². The lowest BCUT2D eigenvalue weighted by molar-refractivity contribution is -0.139. The largest absolute Gasteiger partial charge is 0.466 e. The summed E-state index contributed by atoms with van der Waals surface area (Å²) < 4.78 is 10.1. The van der Waals surface area contributed by atoms with Crippen LogP contribution in [0.4, 0.5) is 5.69 Å². The normalized spacial score (nSPS) is 19.5. The third kappa shape index (κ3) is 5.66. The standard InChI is InChI=1S/C29H33N5O5/c1-32-13-15-33(16-14-32)18-23(35)19-9-11-21(12-10-19)34-26(29(37)39-3)25(28(36)38-2)24(22(17-30)27(34)31)20-7-5-4-6-8-20/h4-12,23-24,35H,13-16,18,31H2,1-3H3. The van der Waals surface area contributed by atoms with Crippen LogP contribution in [0.3, 0.4) is 0 Å². The van der Waals surface area contributed by atoms with E-state index >= 15 is 0 Å². The van der Waals surface area contributed by atoms with Crippen molar-refractivity contribution in [2.45, 2.75) is 12.0 Å².